The standard InChI is InChI=1S/C17H26N2O3/c1-5-14(11-20)19-15(21)13-8-6-12(7-9-13)10-18-16(22)17(2,3)4/h6-9,14,20H,5,10-11H2,1-4H3,(H,18,22)(H,19,21). The van der Waals surface area contributed by atoms with E-state index in [-0.39, 0.29) is 24.5 Å². The molecule has 0 saturated carbocycles. The molecule has 1 rings (SSSR count). The maximum absolute atomic E-state index is 12.0. The van der Waals surface area contributed by atoms with Crippen molar-refractivity contribution in [3.05, 3.63) is 35.4 Å². The van der Waals surface area contributed by atoms with Gasteiger partial charge >= 0.3 is 0 Å². The molecule has 0 bridgehead atoms. The highest BCUT2D eigenvalue weighted by atomic mass is 16.3. The SMILES string of the molecule is CCC(CO)NC(=O)c1ccc(CNC(=O)C(C)(C)C)cc1. The van der Waals surface area contributed by atoms with Gasteiger partial charge in [0.05, 0.1) is 12.6 Å². The molecule has 1 atom stereocenters. The predicted octanol–water partition coefficient (Wildman–Crippen LogP) is 1.85. The number of aliphatic hydroxyl groups is 1. The van der Waals surface area contributed by atoms with Gasteiger partial charge in [0, 0.05) is 17.5 Å². The Labute approximate surface area is 132 Å². The van der Waals surface area contributed by atoms with Crippen molar-refractivity contribution in [1.29, 1.82) is 0 Å². The molecule has 0 aliphatic carbocycles. The molecule has 122 valence electrons. The highest BCUT2D eigenvalue weighted by Gasteiger charge is 2.20. The lowest BCUT2D eigenvalue weighted by Crippen LogP contribution is -2.37. The van der Waals surface area contributed by atoms with E-state index in [1.807, 2.05) is 39.8 Å². The van der Waals surface area contributed by atoms with Gasteiger partial charge in [0.1, 0.15) is 0 Å². The first kappa shape index (κ1) is 18.2. The summed E-state index contributed by atoms with van der Waals surface area (Å²) in [6.07, 6.45) is 0.680. The van der Waals surface area contributed by atoms with E-state index >= 15 is 0 Å². The molecule has 0 fully saturated rings. The third-order valence-electron chi connectivity index (χ3n) is 3.40. The minimum absolute atomic E-state index is 0.0111. The van der Waals surface area contributed by atoms with Gasteiger partial charge in [-0.05, 0) is 24.1 Å². The normalized spacial score (nSPS) is 12.6. The summed E-state index contributed by atoms with van der Waals surface area (Å²) in [5.41, 5.74) is 1.06. The Kier molecular flexibility index (Phi) is 6.56. The largest absolute Gasteiger partial charge is 0.394 e. The van der Waals surface area contributed by atoms with E-state index in [1.54, 1.807) is 12.1 Å². The number of hydrogen-bond acceptors (Lipinski definition) is 3. The molecule has 5 heteroatoms. The van der Waals surface area contributed by atoms with Crippen LogP contribution in [-0.2, 0) is 11.3 Å². The molecule has 0 radical (unpaired) electrons. The molecular weight excluding hydrogens is 280 g/mol. The highest BCUT2D eigenvalue weighted by Crippen LogP contribution is 2.13. The van der Waals surface area contributed by atoms with Crippen molar-refractivity contribution >= 4 is 11.8 Å². The summed E-state index contributed by atoms with van der Waals surface area (Å²) >= 11 is 0. The van der Waals surface area contributed by atoms with Gasteiger partial charge in [-0.25, -0.2) is 0 Å². The number of carbonyl (C=O) groups is 2. The van der Waals surface area contributed by atoms with Crippen LogP contribution in [0.4, 0.5) is 0 Å². The Balaban J connectivity index is 2.59. The van der Waals surface area contributed by atoms with E-state index in [2.05, 4.69) is 10.6 Å². The van der Waals surface area contributed by atoms with Crippen LogP contribution in [0.3, 0.4) is 0 Å². The molecular formula is C17H26N2O3. The monoisotopic (exact) mass is 306 g/mol. The first-order valence-corrected chi connectivity index (χ1v) is 7.57. The Morgan fingerprint density at radius 2 is 1.77 bits per heavy atom. The zero-order valence-electron chi connectivity index (χ0n) is 13.8. The number of carbonyl (C=O) groups excluding carboxylic acids is 2. The van der Waals surface area contributed by atoms with E-state index in [1.165, 1.54) is 0 Å². The smallest absolute Gasteiger partial charge is 0.251 e. The van der Waals surface area contributed by atoms with Crippen molar-refractivity contribution in [3.63, 3.8) is 0 Å². The van der Waals surface area contributed by atoms with Crippen molar-refractivity contribution in [3.8, 4) is 0 Å². The van der Waals surface area contributed by atoms with Crippen LogP contribution < -0.4 is 10.6 Å². The van der Waals surface area contributed by atoms with E-state index in [4.69, 9.17) is 5.11 Å². The third-order valence-corrected chi connectivity index (χ3v) is 3.40. The van der Waals surface area contributed by atoms with Crippen LogP contribution in [-0.4, -0.2) is 29.6 Å². The zero-order chi connectivity index (χ0) is 16.8. The number of rotatable bonds is 6. The zero-order valence-corrected chi connectivity index (χ0v) is 13.8. The molecule has 1 aromatic carbocycles. The molecule has 0 spiro atoms. The summed E-state index contributed by atoms with van der Waals surface area (Å²) < 4.78 is 0. The van der Waals surface area contributed by atoms with Crippen LogP contribution in [0.25, 0.3) is 0 Å². The molecule has 2 amide bonds. The number of aliphatic hydroxyl groups excluding tert-OH is 1. The fourth-order valence-corrected chi connectivity index (χ4v) is 1.77. The Morgan fingerprint density at radius 1 is 1.18 bits per heavy atom. The third kappa shape index (κ3) is 5.48. The molecule has 0 saturated heterocycles. The van der Waals surface area contributed by atoms with E-state index in [9.17, 15) is 9.59 Å². The summed E-state index contributed by atoms with van der Waals surface area (Å²) in [7, 11) is 0. The van der Waals surface area contributed by atoms with Gasteiger partial charge in [-0.1, -0.05) is 39.8 Å². The van der Waals surface area contributed by atoms with E-state index < -0.39 is 5.41 Å². The fraction of sp³-hybridized carbons (Fsp3) is 0.529. The summed E-state index contributed by atoms with van der Waals surface area (Å²) in [6, 6.07) is 6.85. The van der Waals surface area contributed by atoms with Crippen LogP contribution >= 0.6 is 0 Å². The maximum atomic E-state index is 12.0. The van der Waals surface area contributed by atoms with E-state index in [0.717, 1.165) is 5.56 Å². The summed E-state index contributed by atoms with van der Waals surface area (Å²) in [4.78, 5) is 23.8. The Bertz CT molecular complexity index is 500. The van der Waals surface area contributed by atoms with Gasteiger partial charge < -0.3 is 15.7 Å². The molecule has 0 heterocycles. The van der Waals surface area contributed by atoms with Crippen LogP contribution in [0, 0.1) is 5.41 Å². The average Bonchev–Trinajstić information content (AvgIpc) is 2.49. The molecule has 22 heavy (non-hydrogen) atoms. The molecule has 5 nitrogen and oxygen atoms in total. The first-order valence-electron chi connectivity index (χ1n) is 7.57. The van der Waals surface area contributed by atoms with Crippen molar-refractivity contribution < 1.29 is 14.7 Å². The number of benzene rings is 1. The average molecular weight is 306 g/mol. The minimum atomic E-state index is -0.417. The lowest BCUT2D eigenvalue weighted by atomic mass is 9.95. The number of hydrogen-bond donors (Lipinski definition) is 3. The lowest BCUT2D eigenvalue weighted by molar-refractivity contribution is -0.128. The van der Waals surface area contributed by atoms with Gasteiger partial charge in [0.15, 0.2) is 0 Å². The second-order valence-corrected chi connectivity index (χ2v) is 6.39. The topological polar surface area (TPSA) is 78.4 Å². The van der Waals surface area contributed by atoms with Gasteiger partial charge in [-0.2, -0.15) is 0 Å². The van der Waals surface area contributed by atoms with Crippen LogP contribution in [0.1, 0.15) is 50.0 Å². The van der Waals surface area contributed by atoms with Crippen molar-refractivity contribution in [2.24, 2.45) is 5.41 Å². The summed E-state index contributed by atoms with van der Waals surface area (Å²) in [5, 5.41) is 14.7. The quantitative estimate of drug-likeness (QED) is 0.750. The van der Waals surface area contributed by atoms with Gasteiger partial charge in [-0.3, -0.25) is 9.59 Å². The van der Waals surface area contributed by atoms with E-state index in [0.29, 0.717) is 18.5 Å². The van der Waals surface area contributed by atoms with Crippen molar-refractivity contribution in [1.82, 2.24) is 10.6 Å². The molecule has 0 aromatic heterocycles. The molecule has 1 unspecified atom stereocenters. The second kappa shape index (κ2) is 7.94. The first-order chi connectivity index (χ1) is 10.3. The van der Waals surface area contributed by atoms with Crippen LogP contribution in [0.2, 0.25) is 0 Å². The molecule has 1 aromatic rings. The predicted molar refractivity (Wildman–Crippen MR) is 86.4 cm³/mol. The van der Waals surface area contributed by atoms with Gasteiger partial charge in [0.2, 0.25) is 5.91 Å². The molecule has 3 N–H and O–H groups in total. The maximum Gasteiger partial charge on any atom is 0.251 e. The highest BCUT2D eigenvalue weighted by molar-refractivity contribution is 5.94. The van der Waals surface area contributed by atoms with Crippen LogP contribution in [0.15, 0.2) is 24.3 Å². The summed E-state index contributed by atoms with van der Waals surface area (Å²) in [5.74, 6) is -0.214. The molecule has 0 aliphatic rings. The van der Waals surface area contributed by atoms with Crippen molar-refractivity contribution in [2.75, 3.05) is 6.61 Å². The number of amides is 2. The number of nitrogens with one attached hydrogen (secondary N) is 2. The second-order valence-electron chi connectivity index (χ2n) is 6.39. The Hall–Kier alpha value is -1.88. The van der Waals surface area contributed by atoms with Crippen LogP contribution in [0.5, 0.6) is 0 Å². The van der Waals surface area contributed by atoms with Gasteiger partial charge in [0.25, 0.3) is 5.91 Å². The minimum Gasteiger partial charge on any atom is -0.394 e. The van der Waals surface area contributed by atoms with Crippen molar-refractivity contribution in [2.45, 2.75) is 46.7 Å². The fourth-order valence-electron chi connectivity index (χ4n) is 1.77. The lowest BCUT2D eigenvalue weighted by Gasteiger charge is -2.17. The Morgan fingerprint density at radius 3 is 2.23 bits per heavy atom. The van der Waals surface area contributed by atoms with Gasteiger partial charge in [-0.15, -0.1) is 0 Å². The summed E-state index contributed by atoms with van der Waals surface area (Å²) in [6.45, 7) is 7.86. The molecule has 0 aliphatic heterocycles.